The molecule has 0 unspecified atom stereocenters. The van der Waals surface area contributed by atoms with Crippen molar-refractivity contribution in [1.29, 1.82) is 0 Å². The number of hydrogen-bond donors (Lipinski definition) is 1. The minimum absolute atomic E-state index is 0.349. The van der Waals surface area contributed by atoms with Crippen LogP contribution in [0.3, 0.4) is 0 Å². The first kappa shape index (κ1) is 10.5. The molecule has 82 valence electrons. The quantitative estimate of drug-likeness (QED) is 0.723. The molecule has 0 bridgehead atoms. The van der Waals surface area contributed by atoms with Crippen molar-refractivity contribution in [3.8, 4) is 0 Å². The lowest BCUT2D eigenvalue weighted by Crippen LogP contribution is -2.36. The Bertz CT molecular complexity index is 272. The standard InChI is InChI=1S/C12H17NO2/c1-2-5-11(6-3-1)13-7-4-8-15-12-9-14-10-12/h1-3,5-6,12-13H,4,7-10H2. The lowest BCUT2D eigenvalue weighted by atomic mass is 10.3. The molecule has 2 rings (SSSR count). The number of rotatable bonds is 6. The van der Waals surface area contributed by atoms with Crippen LogP contribution in [-0.4, -0.2) is 32.5 Å². The van der Waals surface area contributed by atoms with Crippen LogP contribution in [-0.2, 0) is 9.47 Å². The zero-order chi connectivity index (χ0) is 10.3. The summed E-state index contributed by atoms with van der Waals surface area (Å²) in [6.07, 6.45) is 1.38. The second kappa shape index (κ2) is 5.73. The first-order valence-electron chi connectivity index (χ1n) is 5.43. The highest BCUT2D eigenvalue weighted by Crippen LogP contribution is 2.07. The van der Waals surface area contributed by atoms with Gasteiger partial charge < -0.3 is 14.8 Å². The summed E-state index contributed by atoms with van der Waals surface area (Å²) < 4.78 is 10.6. The van der Waals surface area contributed by atoms with Gasteiger partial charge in [0.05, 0.1) is 13.2 Å². The molecule has 3 heteroatoms. The Morgan fingerprint density at radius 3 is 2.73 bits per heavy atom. The molecule has 0 spiro atoms. The summed E-state index contributed by atoms with van der Waals surface area (Å²) in [5.41, 5.74) is 1.17. The van der Waals surface area contributed by atoms with Crippen LogP contribution < -0.4 is 5.32 Å². The SMILES string of the molecule is c1ccc(NCCCOC2COC2)cc1. The highest BCUT2D eigenvalue weighted by atomic mass is 16.6. The Morgan fingerprint density at radius 1 is 1.27 bits per heavy atom. The smallest absolute Gasteiger partial charge is 0.104 e. The van der Waals surface area contributed by atoms with E-state index in [1.165, 1.54) is 5.69 Å². The molecule has 3 nitrogen and oxygen atoms in total. The summed E-state index contributed by atoms with van der Waals surface area (Å²) in [5.74, 6) is 0. The van der Waals surface area contributed by atoms with Crippen molar-refractivity contribution in [2.24, 2.45) is 0 Å². The van der Waals surface area contributed by atoms with Crippen molar-refractivity contribution in [3.05, 3.63) is 30.3 Å². The zero-order valence-electron chi connectivity index (χ0n) is 8.82. The number of nitrogens with one attached hydrogen (secondary N) is 1. The van der Waals surface area contributed by atoms with Crippen molar-refractivity contribution in [2.45, 2.75) is 12.5 Å². The molecule has 1 aliphatic heterocycles. The third-order valence-electron chi connectivity index (χ3n) is 2.39. The van der Waals surface area contributed by atoms with Gasteiger partial charge in [-0.2, -0.15) is 0 Å². The lowest BCUT2D eigenvalue weighted by Gasteiger charge is -2.25. The van der Waals surface area contributed by atoms with Gasteiger partial charge in [0.25, 0.3) is 0 Å². The van der Waals surface area contributed by atoms with Gasteiger partial charge in [0.1, 0.15) is 6.10 Å². The molecule has 1 aliphatic rings. The fourth-order valence-electron chi connectivity index (χ4n) is 1.42. The Labute approximate surface area is 90.4 Å². The van der Waals surface area contributed by atoms with Gasteiger partial charge in [-0.25, -0.2) is 0 Å². The van der Waals surface area contributed by atoms with Gasteiger partial charge in [-0.15, -0.1) is 0 Å². The van der Waals surface area contributed by atoms with Crippen LogP contribution in [0.5, 0.6) is 0 Å². The van der Waals surface area contributed by atoms with Crippen molar-refractivity contribution in [3.63, 3.8) is 0 Å². The molecular formula is C12H17NO2. The molecule has 0 amide bonds. The van der Waals surface area contributed by atoms with Crippen LogP contribution in [0.2, 0.25) is 0 Å². The van der Waals surface area contributed by atoms with Crippen LogP contribution in [0, 0.1) is 0 Å². The molecule has 0 atom stereocenters. The first-order chi connectivity index (χ1) is 7.45. The van der Waals surface area contributed by atoms with Gasteiger partial charge in [0.2, 0.25) is 0 Å². The Hall–Kier alpha value is -1.06. The third kappa shape index (κ3) is 3.53. The molecule has 0 radical (unpaired) electrons. The van der Waals surface area contributed by atoms with E-state index in [0.29, 0.717) is 6.10 Å². The van der Waals surface area contributed by atoms with Crippen molar-refractivity contribution >= 4 is 5.69 Å². The van der Waals surface area contributed by atoms with E-state index >= 15 is 0 Å². The molecule has 1 aromatic carbocycles. The number of hydrogen-bond acceptors (Lipinski definition) is 3. The minimum Gasteiger partial charge on any atom is -0.385 e. The van der Waals surface area contributed by atoms with E-state index in [0.717, 1.165) is 32.8 Å². The van der Waals surface area contributed by atoms with Crippen LogP contribution in [0.4, 0.5) is 5.69 Å². The van der Waals surface area contributed by atoms with E-state index in [9.17, 15) is 0 Å². The van der Waals surface area contributed by atoms with E-state index in [1.807, 2.05) is 18.2 Å². The predicted octanol–water partition coefficient (Wildman–Crippen LogP) is 1.90. The third-order valence-corrected chi connectivity index (χ3v) is 2.39. The fourth-order valence-corrected chi connectivity index (χ4v) is 1.42. The zero-order valence-corrected chi connectivity index (χ0v) is 8.82. The summed E-state index contributed by atoms with van der Waals surface area (Å²) in [6, 6.07) is 10.2. The number of ether oxygens (including phenoxy) is 2. The van der Waals surface area contributed by atoms with E-state index in [4.69, 9.17) is 9.47 Å². The largest absolute Gasteiger partial charge is 0.385 e. The average Bonchev–Trinajstić information content (AvgIpc) is 2.22. The van der Waals surface area contributed by atoms with Crippen molar-refractivity contribution in [1.82, 2.24) is 0 Å². The minimum atomic E-state index is 0.349. The maximum absolute atomic E-state index is 5.55. The molecule has 0 aliphatic carbocycles. The molecule has 1 N–H and O–H groups in total. The lowest BCUT2D eigenvalue weighted by molar-refractivity contribution is -0.129. The van der Waals surface area contributed by atoms with Gasteiger partial charge in [-0.05, 0) is 18.6 Å². The summed E-state index contributed by atoms with van der Waals surface area (Å²) >= 11 is 0. The van der Waals surface area contributed by atoms with Gasteiger partial charge in [-0.1, -0.05) is 18.2 Å². The summed E-state index contributed by atoms with van der Waals surface area (Å²) in [6.45, 7) is 3.31. The number of benzene rings is 1. The molecule has 1 fully saturated rings. The maximum atomic E-state index is 5.55. The number of para-hydroxylation sites is 1. The molecule has 1 saturated heterocycles. The fraction of sp³-hybridized carbons (Fsp3) is 0.500. The second-order valence-electron chi connectivity index (χ2n) is 3.68. The molecule has 0 aromatic heterocycles. The number of anilines is 1. The van der Waals surface area contributed by atoms with Crippen molar-refractivity contribution < 1.29 is 9.47 Å². The maximum Gasteiger partial charge on any atom is 0.104 e. The highest BCUT2D eigenvalue weighted by molar-refractivity contribution is 5.42. The van der Waals surface area contributed by atoms with Gasteiger partial charge >= 0.3 is 0 Å². The summed E-state index contributed by atoms with van der Waals surface area (Å²) in [5, 5.41) is 3.34. The van der Waals surface area contributed by atoms with Crippen LogP contribution in [0.1, 0.15) is 6.42 Å². The van der Waals surface area contributed by atoms with Crippen molar-refractivity contribution in [2.75, 3.05) is 31.7 Å². The van der Waals surface area contributed by atoms with Gasteiger partial charge in [0, 0.05) is 18.8 Å². The van der Waals surface area contributed by atoms with Crippen LogP contribution >= 0.6 is 0 Å². The van der Waals surface area contributed by atoms with Gasteiger partial charge in [0.15, 0.2) is 0 Å². The average molecular weight is 207 g/mol. The normalized spacial score (nSPS) is 16.0. The van der Waals surface area contributed by atoms with Crippen LogP contribution in [0.25, 0.3) is 0 Å². The summed E-state index contributed by atoms with van der Waals surface area (Å²) in [4.78, 5) is 0. The van der Waals surface area contributed by atoms with Gasteiger partial charge in [-0.3, -0.25) is 0 Å². The van der Waals surface area contributed by atoms with E-state index in [-0.39, 0.29) is 0 Å². The summed E-state index contributed by atoms with van der Waals surface area (Å²) in [7, 11) is 0. The van der Waals surface area contributed by atoms with E-state index in [1.54, 1.807) is 0 Å². The molecular weight excluding hydrogens is 190 g/mol. The molecule has 0 saturated carbocycles. The monoisotopic (exact) mass is 207 g/mol. The predicted molar refractivity (Wildman–Crippen MR) is 60.1 cm³/mol. The Kier molecular flexibility index (Phi) is 4.00. The first-order valence-corrected chi connectivity index (χ1v) is 5.43. The van der Waals surface area contributed by atoms with Crippen LogP contribution in [0.15, 0.2) is 30.3 Å². The highest BCUT2D eigenvalue weighted by Gasteiger charge is 2.17. The molecule has 1 aromatic rings. The second-order valence-corrected chi connectivity index (χ2v) is 3.68. The van der Waals surface area contributed by atoms with E-state index in [2.05, 4.69) is 17.4 Å². The molecule has 15 heavy (non-hydrogen) atoms. The molecule has 1 heterocycles. The van der Waals surface area contributed by atoms with E-state index < -0.39 is 0 Å². The topological polar surface area (TPSA) is 30.5 Å². The Morgan fingerprint density at radius 2 is 2.07 bits per heavy atom. The Balaban J connectivity index is 1.51.